The third-order valence-corrected chi connectivity index (χ3v) is 10.4. The first-order valence-corrected chi connectivity index (χ1v) is 19.8. The Kier molecular flexibility index (Phi) is 14.4. The summed E-state index contributed by atoms with van der Waals surface area (Å²) in [5.74, 6) is 2.64. The van der Waals surface area contributed by atoms with Gasteiger partial charge in [-0.3, -0.25) is 24.1 Å². The molecule has 0 aromatic carbocycles. The molecule has 2 saturated carbocycles. The summed E-state index contributed by atoms with van der Waals surface area (Å²) in [6.07, 6.45) is 11.2. The highest BCUT2D eigenvalue weighted by atomic mass is 79.9. The third kappa shape index (κ3) is 9.01. The SMILES string of the molecule is C.C.Cc1ccnc2c1N(CC(=O)CBr)C(=O)c1cccnc1N2C1CC1.Cc1ccnc2c1NC(=O)c1cccnc1N2C1CC1.O=C(CBr)CBr. The molecule has 8 rings (SSSR count). The zero-order chi connectivity index (χ0) is 36.2. The number of nitrogens with zero attached hydrogens (tertiary/aromatic N) is 7. The average molecular weight is 916 g/mol. The van der Waals surface area contributed by atoms with Crippen LogP contribution in [0.2, 0.25) is 0 Å². The van der Waals surface area contributed by atoms with Crippen molar-refractivity contribution in [2.45, 2.75) is 66.5 Å². The van der Waals surface area contributed by atoms with Crippen molar-refractivity contribution in [2.24, 2.45) is 0 Å². The van der Waals surface area contributed by atoms with E-state index in [9.17, 15) is 19.2 Å². The first-order chi connectivity index (χ1) is 24.7. The van der Waals surface area contributed by atoms with E-state index < -0.39 is 0 Å². The predicted molar refractivity (Wildman–Crippen MR) is 221 cm³/mol. The van der Waals surface area contributed by atoms with E-state index in [-0.39, 0.29) is 50.1 Å². The van der Waals surface area contributed by atoms with E-state index in [0.29, 0.717) is 57.0 Å². The van der Waals surface area contributed by atoms with Crippen molar-refractivity contribution in [1.82, 2.24) is 19.9 Å². The summed E-state index contributed by atoms with van der Waals surface area (Å²) < 4.78 is 0. The highest BCUT2D eigenvalue weighted by Gasteiger charge is 2.41. The van der Waals surface area contributed by atoms with Gasteiger partial charge in [0.15, 0.2) is 23.2 Å². The monoisotopic (exact) mass is 912 g/mol. The molecule has 2 aliphatic carbocycles. The first kappa shape index (κ1) is 41.7. The molecule has 12 nitrogen and oxygen atoms in total. The molecule has 0 unspecified atom stereocenters. The molecule has 4 aliphatic rings. The maximum atomic E-state index is 13.3. The van der Waals surface area contributed by atoms with E-state index in [4.69, 9.17) is 0 Å². The van der Waals surface area contributed by atoms with E-state index in [1.165, 1.54) is 0 Å². The molecule has 0 radical (unpaired) electrons. The van der Waals surface area contributed by atoms with Gasteiger partial charge in [-0.1, -0.05) is 62.6 Å². The summed E-state index contributed by atoms with van der Waals surface area (Å²) in [6.45, 7) is 3.93. The molecule has 4 aromatic heterocycles. The topological polar surface area (TPSA) is 142 Å². The predicted octanol–water partition coefficient (Wildman–Crippen LogP) is 8.28. The number of halogens is 3. The lowest BCUT2D eigenvalue weighted by Gasteiger charge is -2.26. The van der Waals surface area contributed by atoms with Crippen LogP contribution < -0.4 is 20.0 Å². The number of hydrogen-bond donors (Lipinski definition) is 1. The fraction of sp³-hybridized carbons (Fsp3) is 0.368. The molecule has 0 saturated heterocycles. The number of aryl methyl sites for hydroxylation is 2. The molecule has 2 amide bonds. The van der Waals surface area contributed by atoms with Gasteiger partial charge in [0.25, 0.3) is 11.8 Å². The van der Waals surface area contributed by atoms with Crippen molar-refractivity contribution >= 4 is 106 Å². The Morgan fingerprint density at radius 1 is 0.679 bits per heavy atom. The summed E-state index contributed by atoms with van der Waals surface area (Å²) in [6, 6.07) is 11.6. The van der Waals surface area contributed by atoms with Gasteiger partial charge in [0.1, 0.15) is 11.6 Å². The molecule has 2 aliphatic heterocycles. The highest BCUT2D eigenvalue weighted by molar-refractivity contribution is 9.10. The summed E-state index contributed by atoms with van der Waals surface area (Å²) in [5, 5.41) is 4.10. The molecule has 53 heavy (non-hydrogen) atoms. The Balaban J connectivity index is 0.000000202. The van der Waals surface area contributed by atoms with Crippen molar-refractivity contribution < 1.29 is 19.2 Å². The number of aromatic nitrogens is 4. The lowest BCUT2D eigenvalue weighted by molar-refractivity contribution is -0.115. The number of rotatable bonds is 7. The van der Waals surface area contributed by atoms with Gasteiger partial charge in [0.05, 0.1) is 45.0 Å². The smallest absolute Gasteiger partial charge is 0.262 e. The highest BCUT2D eigenvalue weighted by Crippen LogP contribution is 2.46. The molecule has 15 heteroatoms. The fourth-order valence-corrected chi connectivity index (χ4v) is 6.95. The van der Waals surface area contributed by atoms with Crippen LogP contribution in [0, 0.1) is 13.8 Å². The number of hydrogen-bond acceptors (Lipinski definition) is 10. The van der Waals surface area contributed by atoms with Crippen LogP contribution >= 0.6 is 47.8 Å². The van der Waals surface area contributed by atoms with Gasteiger partial charge in [-0.05, 0) is 87.1 Å². The van der Waals surface area contributed by atoms with E-state index in [1.807, 2.05) is 32.0 Å². The van der Waals surface area contributed by atoms with E-state index in [2.05, 4.69) is 82.8 Å². The third-order valence-electron chi connectivity index (χ3n) is 8.57. The van der Waals surface area contributed by atoms with Gasteiger partial charge >= 0.3 is 0 Å². The number of carbonyl (C=O) groups is 4. The number of carbonyl (C=O) groups excluding carboxylic acids is 4. The number of Topliss-reactive ketones (excluding diaryl/α,β-unsaturated/α-hetero) is 2. The number of ketones is 2. The van der Waals surface area contributed by atoms with Crippen molar-refractivity contribution in [1.29, 1.82) is 0 Å². The molecular formula is C38H43Br3N8O4. The van der Waals surface area contributed by atoms with E-state index in [1.54, 1.807) is 47.9 Å². The van der Waals surface area contributed by atoms with Crippen molar-refractivity contribution in [3.63, 3.8) is 0 Å². The summed E-state index contributed by atoms with van der Waals surface area (Å²) in [7, 11) is 0. The molecule has 0 bridgehead atoms. The Bertz CT molecular complexity index is 1980. The van der Waals surface area contributed by atoms with Crippen LogP contribution in [0.3, 0.4) is 0 Å². The minimum absolute atomic E-state index is 0. The average Bonchev–Trinajstić information content (AvgIpc) is 4.08. The molecule has 4 aromatic rings. The van der Waals surface area contributed by atoms with Gasteiger partial charge in [-0.25, -0.2) is 19.9 Å². The van der Waals surface area contributed by atoms with Gasteiger partial charge < -0.3 is 15.1 Å². The van der Waals surface area contributed by atoms with Crippen molar-refractivity contribution in [2.75, 3.05) is 42.6 Å². The van der Waals surface area contributed by atoms with Gasteiger partial charge in [-0.2, -0.15) is 0 Å². The molecule has 280 valence electrons. The summed E-state index contributed by atoms with van der Waals surface area (Å²) in [4.78, 5) is 71.5. The normalized spacial score (nSPS) is 15.1. The number of amides is 2. The Morgan fingerprint density at radius 3 is 1.72 bits per heavy atom. The number of alkyl halides is 3. The van der Waals surface area contributed by atoms with Crippen LogP contribution in [0.15, 0.2) is 61.2 Å². The largest absolute Gasteiger partial charge is 0.318 e. The van der Waals surface area contributed by atoms with Crippen molar-refractivity contribution in [3.05, 3.63) is 83.4 Å². The minimum Gasteiger partial charge on any atom is -0.318 e. The molecular weight excluding hydrogens is 872 g/mol. The summed E-state index contributed by atoms with van der Waals surface area (Å²) in [5.41, 5.74) is 4.54. The van der Waals surface area contributed by atoms with Crippen LogP contribution in [0.25, 0.3) is 0 Å². The zero-order valence-corrected chi connectivity index (χ0v) is 32.7. The fourth-order valence-electron chi connectivity index (χ4n) is 5.84. The maximum absolute atomic E-state index is 13.3. The lowest BCUT2D eigenvalue weighted by atomic mass is 10.2. The Labute approximate surface area is 335 Å². The van der Waals surface area contributed by atoms with Crippen LogP contribution in [0.1, 0.15) is 72.4 Å². The molecule has 2 fully saturated rings. The van der Waals surface area contributed by atoms with Crippen LogP contribution in [-0.4, -0.2) is 77.9 Å². The molecule has 1 N–H and O–H groups in total. The van der Waals surface area contributed by atoms with E-state index >= 15 is 0 Å². The quantitative estimate of drug-likeness (QED) is 0.180. The van der Waals surface area contributed by atoms with Crippen LogP contribution in [0.4, 0.5) is 34.6 Å². The van der Waals surface area contributed by atoms with Gasteiger partial charge in [0, 0.05) is 36.9 Å². The van der Waals surface area contributed by atoms with Gasteiger partial charge in [0.2, 0.25) is 0 Å². The molecule has 0 spiro atoms. The van der Waals surface area contributed by atoms with E-state index in [0.717, 1.165) is 48.3 Å². The summed E-state index contributed by atoms with van der Waals surface area (Å²) >= 11 is 9.18. The van der Waals surface area contributed by atoms with Crippen LogP contribution in [-0.2, 0) is 9.59 Å². The Morgan fingerprint density at radius 2 is 1.17 bits per heavy atom. The lowest BCUT2D eigenvalue weighted by Crippen LogP contribution is -2.36. The minimum atomic E-state index is -0.210. The number of anilines is 6. The number of fused-ring (bicyclic) bond motifs is 4. The van der Waals surface area contributed by atoms with Crippen LogP contribution in [0.5, 0.6) is 0 Å². The molecule has 6 heterocycles. The molecule has 0 atom stereocenters. The Hall–Kier alpha value is -4.08. The standard InChI is InChI=1S/C18H17BrN4O2.C15H14N4O.C3H4Br2O.2CH4/c1-11-6-8-21-17-15(11)22(10-13(24)9-19)18(25)14-3-2-7-20-16(14)23(17)12-4-5-12;1-9-6-8-17-14-12(9)18-15(20)11-3-2-7-16-13(11)19(14)10-4-5-10;4-1-3(6)2-5;;/h2-3,6-8,12H,4-5,9-10H2,1H3;2-3,6-8,10H,4-5H2,1H3,(H,18,20);1-2H2;2*1H4. The van der Waals surface area contributed by atoms with Crippen molar-refractivity contribution in [3.8, 4) is 0 Å². The number of nitrogens with one attached hydrogen (secondary N) is 1. The maximum Gasteiger partial charge on any atom is 0.262 e. The first-order valence-electron chi connectivity index (χ1n) is 16.4. The zero-order valence-electron chi connectivity index (χ0n) is 28.0. The second-order valence-electron chi connectivity index (χ2n) is 12.4. The number of pyridine rings is 4. The van der Waals surface area contributed by atoms with Gasteiger partial charge in [-0.15, -0.1) is 0 Å². The second kappa shape index (κ2) is 18.3. The second-order valence-corrected chi connectivity index (χ2v) is 14.1.